The highest BCUT2D eigenvalue weighted by Gasteiger charge is 2.54. The standard InChI is InChI=1S/C28H56O7Si2/c1-20(17-22(29)24-18-32-27(9,30-11)28(10,31-12)34-24)21(2)23(35-37(15,16)26(6,7)8)19-33-36(13,14)25(3,4)5/h17,21,23-24H,18-19H2,1-16H3/b20-17+/t21-,23+,24+,27-,28-/m1/s1. The van der Waals surface area contributed by atoms with Crippen molar-refractivity contribution in [2.45, 2.75) is 129 Å². The van der Waals surface area contributed by atoms with Crippen LogP contribution < -0.4 is 0 Å². The number of hydrogen-bond acceptors (Lipinski definition) is 7. The average molecular weight is 561 g/mol. The van der Waals surface area contributed by atoms with Gasteiger partial charge in [-0.2, -0.15) is 0 Å². The summed E-state index contributed by atoms with van der Waals surface area (Å²) in [6.45, 7) is 30.6. The molecule has 1 fully saturated rings. The molecule has 1 aliphatic heterocycles. The molecule has 0 unspecified atom stereocenters. The number of rotatable bonds is 11. The van der Waals surface area contributed by atoms with Gasteiger partial charge in [-0.25, -0.2) is 0 Å². The number of hydrogen-bond donors (Lipinski definition) is 0. The van der Waals surface area contributed by atoms with E-state index in [1.54, 1.807) is 19.9 Å². The Balaban J connectivity index is 3.19. The van der Waals surface area contributed by atoms with Gasteiger partial charge in [-0.15, -0.1) is 0 Å². The molecular weight excluding hydrogens is 504 g/mol. The number of ether oxygens (including phenoxy) is 4. The Labute approximate surface area is 229 Å². The molecule has 37 heavy (non-hydrogen) atoms. The maximum Gasteiger partial charge on any atom is 0.220 e. The Hall–Kier alpha value is -0.396. The molecule has 218 valence electrons. The zero-order valence-electron chi connectivity index (χ0n) is 26.6. The first-order valence-electron chi connectivity index (χ1n) is 13.4. The van der Waals surface area contributed by atoms with Crippen LogP contribution in [0, 0.1) is 5.92 Å². The maximum atomic E-state index is 13.3. The van der Waals surface area contributed by atoms with Gasteiger partial charge in [-0.05, 0) is 63.1 Å². The summed E-state index contributed by atoms with van der Waals surface area (Å²) < 4.78 is 36.6. The highest BCUT2D eigenvalue weighted by molar-refractivity contribution is 6.74. The van der Waals surface area contributed by atoms with Gasteiger partial charge in [-0.1, -0.05) is 54.0 Å². The number of carbonyl (C=O) groups is 1. The molecule has 0 N–H and O–H groups in total. The zero-order valence-corrected chi connectivity index (χ0v) is 28.6. The van der Waals surface area contributed by atoms with Gasteiger partial charge in [0.15, 0.2) is 22.4 Å². The summed E-state index contributed by atoms with van der Waals surface area (Å²) in [6.07, 6.45) is 0.709. The zero-order chi connectivity index (χ0) is 29.3. The summed E-state index contributed by atoms with van der Waals surface area (Å²) in [5.41, 5.74) is 0.926. The Kier molecular flexibility index (Phi) is 11.2. The first-order chi connectivity index (χ1) is 16.5. The van der Waals surface area contributed by atoms with Crippen LogP contribution in [0.1, 0.15) is 69.2 Å². The lowest BCUT2D eigenvalue weighted by molar-refractivity contribution is -0.425. The summed E-state index contributed by atoms with van der Waals surface area (Å²) in [5.74, 6) is -2.53. The summed E-state index contributed by atoms with van der Waals surface area (Å²) in [4.78, 5) is 13.3. The van der Waals surface area contributed by atoms with E-state index in [1.165, 1.54) is 14.2 Å². The molecule has 0 spiro atoms. The number of ketones is 1. The van der Waals surface area contributed by atoms with Crippen LogP contribution in [-0.2, 0) is 32.6 Å². The van der Waals surface area contributed by atoms with Crippen LogP contribution in [0.5, 0.6) is 0 Å². The molecule has 7 nitrogen and oxygen atoms in total. The van der Waals surface area contributed by atoms with Gasteiger partial charge in [0.25, 0.3) is 0 Å². The average Bonchev–Trinajstić information content (AvgIpc) is 2.76. The molecule has 0 aromatic rings. The molecule has 1 saturated heterocycles. The molecule has 9 heteroatoms. The quantitative estimate of drug-likeness (QED) is 0.206. The molecule has 0 aromatic carbocycles. The smallest absolute Gasteiger partial charge is 0.220 e. The van der Waals surface area contributed by atoms with Gasteiger partial charge in [0.1, 0.15) is 6.10 Å². The number of methoxy groups -OCH3 is 2. The van der Waals surface area contributed by atoms with Gasteiger partial charge < -0.3 is 27.8 Å². The number of carbonyl (C=O) groups excluding carboxylic acids is 1. The molecule has 0 saturated carbocycles. The predicted octanol–water partition coefficient (Wildman–Crippen LogP) is 6.69. The van der Waals surface area contributed by atoms with Crippen molar-refractivity contribution in [3.8, 4) is 0 Å². The minimum atomic E-state index is -2.09. The van der Waals surface area contributed by atoms with Crippen molar-refractivity contribution >= 4 is 22.4 Å². The van der Waals surface area contributed by atoms with Crippen molar-refractivity contribution in [2.75, 3.05) is 27.4 Å². The van der Waals surface area contributed by atoms with E-state index in [-0.39, 0.29) is 34.5 Å². The second kappa shape index (κ2) is 12.0. The highest BCUT2D eigenvalue weighted by atomic mass is 28.4. The van der Waals surface area contributed by atoms with Gasteiger partial charge in [0, 0.05) is 20.1 Å². The van der Waals surface area contributed by atoms with Gasteiger partial charge in [-0.3, -0.25) is 4.79 Å². The predicted molar refractivity (Wildman–Crippen MR) is 155 cm³/mol. The fourth-order valence-electron chi connectivity index (χ4n) is 3.48. The SMILES string of the molecule is CO[C@]1(C)OC[C@@H](C(=O)/C=C(\C)[C@@H](C)[C@H](CO[Si](C)(C)C(C)(C)C)O[Si](C)(C)C(C)(C)C)O[C@@]1(C)OC. The Morgan fingerprint density at radius 2 is 1.46 bits per heavy atom. The van der Waals surface area contributed by atoms with E-state index in [2.05, 4.69) is 74.7 Å². The lowest BCUT2D eigenvalue weighted by Gasteiger charge is -2.48. The summed E-state index contributed by atoms with van der Waals surface area (Å²) in [7, 11) is -1.02. The third-order valence-electron chi connectivity index (χ3n) is 9.11. The van der Waals surface area contributed by atoms with E-state index in [9.17, 15) is 4.79 Å². The van der Waals surface area contributed by atoms with E-state index < -0.39 is 34.3 Å². The fraction of sp³-hybridized carbons (Fsp3) is 0.893. The molecule has 1 aliphatic rings. The van der Waals surface area contributed by atoms with Crippen molar-refractivity contribution in [1.29, 1.82) is 0 Å². The second-order valence-corrected chi connectivity index (χ2v) is 23.4. The first-order valence-corrected chi connectivity index (χ1v) is 19.2. The maximum absolute atomic E-state index is 13.3. The monoisotopic (exact) mass is 560 g/mol. The molecule has 1 heterocycles. The van der Waals surface area contributed by atoms with E-state index in [4.69, 9.17) is 27.8 Å². The van der Waals surface area contributed by atoms with Crippen molar-refractivity contribution in [3.63, 3.8) is 0 Å². The third-order valence-corrected chi connectivity index (χ3v) is 18.1. The van der Waals surface area contributed by atoms with Crippen LogP contribution in [0.25, 0.3) is 0 Å². The van der Waals surface area contributed by atoms with Gasteiger partial charge in [0.2, 0.25) is 11.6 Å². The molecule has 5 atom stereocenters. The van der Waals surface area contributed by atoms with Gasteiger partial charge in [0.05, 0.1) is 19.3 Å². The molecule has 0 aliphatic carbocycles. The summed E-state index contributed by atoms with van der Waals surface area (Å²) >= 11 is 0. The largest absolute Gasteiger partial charge is 0.414 e. The van der Waals surface area contributed by atoms with Crippen molar-refractivity contribution in [1.82, 2.24) is 0 Å². The topological polar surface area (TPSA) is 72.5 Å². The van der Waals surface area contributed by atoms with Crippen molar-refractivity contribution < 1.29 is 32.6 Å². The first kappa shape index (κ1) is 34.6. The van der Waals surface area contributed by atoms with E-state index in [0.717, 1.165) is 5.57 Å². The molecular formula is C28H56O7Si2. The van der Waals surface area contributed by atoms with Crippen LogP contribution >= 0.6 is 0 Å². The fourth-order valence-corrected chi connectivity index (χ4v) is 5.88. The summed E-state index contributed by atoms with van der Waals surface area (Å²) in [6, 6.07) is 0. The molecule has 0 radical (unpaired) electrons. The highest BCUT2D eigenvalue weighted by Crippen LogP contribution is 2.41. The van der Waals surface area contributed by atoms with Gasteiger partial charge >= 0.3 is 0 Å². The Morgan fingerprint density at radius 1 is 0.973 bits per heavy atom. The van der Waals surface area contributed by atoms with Crippen LogP contribution in [0.4, 0.5) is 0 Å². The van der Waals surface area contributed by atoms with E-state index in [1.807, 2.05) is 6.92 Å². The Bertz CT molecular complexity index is 812. The minimum Gasteiger partial charge on any atom is -0.414 e. The third kappa shape index (κ3) is 8.07. The normalized spacial score (nSPS) is 28.2. The minimum absolute atomic E-state index is 0.0228. The summed E-state index contributed by atoms with van der Waals surface area (Å²) in [5, 5.41) is 0.156. The van der Waals surface area contributed by atoms with Crippen molar-refractivity contribution in [2.24, 2.45) is 5.92 Å². The van der Waals surface area contributed by atoms with Crippen LogP contribution in [0.3, 0.4) is 0 Å². The molecule has 0 bridgehead atoms. The van der Waals surface area contributed by atoms with Crippen LogP contribution in [0.2, 0.25) is 36.3 Å². The lowest BCUT2D eigenvalue weighted by atomic mass is 9.95. The van der Waals surface area contributed by atoms with Crippen molar-refractivity contribution in [3.05, 3.63) is 11.6 Å². The van der Waals surface area contributed by atoms with Crippen LogP contribution in [-0.4, -0.2) is 73.6 Å². The molecule has 0 aromatic heterocycles. The van der Waals surface area contributed by atoms with E-state index in [0.29, 0.717) is 6.61 Å². The second-order valence-electron chi connectivity index (χ2n) is 13.8. The Morgan fingerprint density at radius 3 is 1.89 bits per heavy atom. The van der Waals surface area contributed by atoms with Crippen LogP contribution in [0.15, 0.2) is 11.6 Å². The lowest BCUT2D eigenvalue weighted by Crippen LogP contribution is -2.63. The molecule has 0 amide bonds. The van der Waals surface area contributed by atoms with E-state index >= 15 is 0 Å². The molecule has 1 rings (SSSR count).